The number of hydrogen-bond donors (Lipinski definition) is 2. The van der Waals surface area contributed by atoms with E-state index in [0.29, 0.717) is 11.4 Å². The van der Waals surface area contributed by atoms with E-state index in [1.54, 1.807) is 24.4 Å². The molecule has 0 spiro atoms. The Morgan fingerprint density at radius 2 is 2.18 bits per heavy atom. The highest BCUT2D eigenvalue weighted by molar-refractivity contribution is 9.10. The van der Waals surface area contributed by atoms with Crippen molar-refractivity contribution in [3.8, 4) is 5.75 Å². The average molecular weight is 292 g/mol. The number of aromatic nitrogens is 1. The zero-order valence-electron chi connectivity index (χ0n) is 8.84. The van der Waals surface area contributed by atoms with Crippen LogP contribution in [0, 0.1) is 0 Å². The predicted octanol–water partition coefficient (Wildman–Crippen LogP) is 3.00. The number of halogens is 1. The quantitative estimate of drug-likeness (QED) is 0.675. The molecule has 0 saturated carbocycles. The van der Waals surface area contributed by atoms with E-state index in [2.05, 4.69) is 31.4 Å². The number of benzene rings is 1. The largest absolute Gasteiger partial charge is 0.507 e. The van der Waals surface area contributed by atoms with Crippen molar-refractivity contribution < 1.29 is 5.11 Å². The molecule has 2 rings (SSSR count). The average Bonchev–Trinajstić information content (AvgIpc) is 2.33. The van der Waals surface area contributed by atoms with Crippen molar-refractivity contribution in [2.75, 3.05) is 5.43 Å². The van der Waals surface area contributed by atoms with Gasteiger partial charge in [-0.1, -0.05) is 22.0 Å². The highest BCUT2D eigenvalue weighted by Crippen LogP contribution is 2.20. The molecule has 17 heavy (non-hydrogen) atoms. The lowest BCUT2D eigenvalue weighted by molar-refractivity contribution is 0.474. The van der Waals surface area contributed by atoms with E-state index in [-0.39, 0.29) is 5.75 Å². The number of hydrazone groups is 1. The first-order valence-electron chi connectivity index (χ1n) is 4.94. The van der Waals surface area contributed by atoms with Gasteiger partial charge in [-0.05, 0) is 30.3 Å². The number of rotatable bonds is 3. The fourth-order valence-electron chi connectivity index (χ4n) is 1.22. The van der Waals surface area contributed by atoms with Crippen molar-refractivity contribution in [3.05, 3.63) is 52.6 Å². The van der Waals surface area contributed by atoms with Crippen LogP contribution in [0.4, 0.5) is 5.82 Å². The van der Waals surface area contributed by atoms with Crippen molar-refractivity contribution in [2.24, 2.45) is 5.10 Å². The third-order valence-corrected chi connectivity index (χ3v) is 2.53. The molecule has 0 aliphatic heterocycles. The number of nitrogens with zero attached hydrogens (tertiary/aromatic N) is 2. The third kappa shape index (κ3) is 3.29. The normalized spacial score (nSPS) is 10.6. The molecule has 1 aromatic carbocycles. The van der Waals surface area contributed by atoms with Gasteiger partial charge in [0.25, 0.3) is 0 Å². The van der Waals surface area contributed by atoms with Crippen LogP contribution in [0.5, 0.6) is 5.75 Å². The zero-order chi connectivity index (χ0) is 12.1. The molecule has 5 heteroatoms. The molecule has 0 atom stereocenters. The number of phenolic OH excluding ortho intramolecular Hbond substituents is 1. The molecule has 0 radical (unpaired) electrons. The van der Waals surface area contributed by atoms with Crippen molar-refractivity contribution >= 4 is 28.0 Å². The predicted molar refractivity (Wildman–Crippen MR) is 71.3 cm³/mol. The number of pyridine rings is 1. The van der Waals surface area contributed by atoms with Crippen LogP contribution < -0.4 is 5.43 Å². The molecule has 0 fully saturated rings. The van der Waals surface area contributed by atoms with Crippen LogP contribution in [-0.2, 0) is 0 Å². The molecular formula is C12H10BrN3O. The molecule has 86 valence electrons. The van der Waals surface area contributed by atoms with E-state index in [1.165, 1.54) is 6.21 Å². The Labute approximate surface area is 107 Å². The van der Waals surface area contributed by atoms with Crippen LogP contribution in [0.15, 0.2) is 52.2 Å². The Balaban J connectivity index is 2.06. The van der Waals surface area contributed by atoms with Gasteiger partial charge >= 0.3 is 0 Å². The van der Waals surface area contributed by atoms with E-state index >= 15 is 0 Å². The van der Waals surface area contributed by atoms with Gasteiger partial charge in [-0.3, -0.25) is 5.43 Å². The maximum Gasteiger partial charge on any atom is 0.146 e. The Hall–Kier alpha value is -1.88. The van der Waals surface area contributed by atoms with E-state index in [4.69, 9.17) is 0 Å². The first-order chi connectivity index (χ1) is 8.25. The van der Waals surface area contributed by atoms with Gasteiger partial charge in [0.15, 0.2) is 0 Å². The molecule has 2 N–H and O–H groups in total. The number of nitrogens with one attached hydrogen (secondary N) is 1. The summed E-state index contributed by atoms with van der Waals surface area (Å²) in [5.74, 6) is 0.825. The summed E-state index contributed by atoms with van der Waals surface area (Å²) in [5.41, 5.74) is 3.41. The van der Waals surface area contributed by atoms with Gasteiger partial charge in [-0.2, -0.15) is 5.10 Å². The van der Waals surface area contributed by atoms with Gasteiger partial charge in [0, 0.05) is 16.2 Å². The van der Waals surface area contributed by atoms with Gasteiger partial charge in [0.1, 0.15) is 11.6 Å². The zero-order valence-corrected chi connectivity index (χ0v) is 10.4. The summed E-state index contributed by atoms with van der Waals surface area (Å²) in [6.45, 7) is 0. The summed E-state index contributed by atoms with van der Waals surface area (Å²) >= 11 is 3.27. The van der Waals surface area contributed by atoms with Crippen LogP contribution in [0.1, 0.15) is 5.56 Å². The number of anilines is 1. The molecule has 0 unspecified atom stereocenters. The smallest absolute Gasteiger partial charge is 0.146 e. The summed E-state index contributed by atoms with van der Waals surface area (Å²) in [6.07, 6.45) is 3.21. The first kappa shape index (κ1) is 11.6. The van der Waals surface area contributed by atoms with Crippen LogP contribution in [0.3, 0.4) is 0 Å². The lowest BCUT2D eigenvalue weighted by atomic mass is 10.2. The van der Waals surface area contributed by atoms with E-state index in [0.717, 1.165) is 4.47 Å². The Morgan fingerprint density at radius 1 is 1.29 bits per heavy atom. The summed E-state index contributed by atoms with van der Waals surface area (Å²) < 4.78 is 0.824. The van der Waals surface area contributed by atoms with E-state index in [1.807, 2.05) is 18.2 Å². The number of phenols is 1. The molecule has 1 heterocycles. The minimum Gasteiger partial charge on any atom is -0.507 e. The minimum absolute atomic E-state index is 0.172. The van der Waals surface area contributed by atoms with Crippen LogP contribution in [0.25, 0.3) is 0 Å². The monoisotopic (exact) mass is 291 g/mol. The molecule has 1 aromatic heterocycles. The fourth-order valence-corrected chi connectivity index (χ4v) is 1.57. The molecule has 0 aliphatic rings. The minimum atomic E-state index is 0.172. The maximum atomic E-state index is 9.62. The van der Waals surface area contributed by atoms with Crippen molar-refractivity contribution in [2.45, 2.75) is 0 Å². The van der Waals surface area contributed by atoms with Crippen molar-refractivity contribution in [1.82, 2.24) is 4.98 Å². The molecule has 0 bridgehead atoms. The molecular weight excluding hydrogens is 282 g/mol. The van der Waals surface area contributed by atoms with Crippen LogP contribution in [-0.4, -0.2) is 16.3 Å². The van der Waals surface area contributed by atoms with Gasteiger partial charge < -0.3 is 5.11 Å². The summed E-state index contributed by atoms with van der Waals surface area (Å²) in [5, 5.41) is 13.6. The van der Waals surface area contributed by atoms with Gasteiger partial charge in [-0.25, -0.2) is 4.98 Å². The topological polar surface area (TPSA) is 57.5 Å². The highest BCUT2D eigenvalue weighted by Gasteiger charge is 1.98. The second kappa shape index (κ2) is 5.45. The highest BCUT2D eigenvalue weighted by atomic mass is 79.9. The van der Waals surface area contributed by atoms with Crippen molar-refractivity contribution in [1.29, 1.82) is 0 Å². The summed E-state index contributed by atoms with van der Waals surface area (Å²) in [7, 11) is 0. The van der Waals surface area contributed by atoms with E-state index < -0.39 is 0 Å². The molecule has 0 saturated heterocycles. The van der Waals surface area contributed by atoms with Gasteiger partial charge in [-0.15, -0.1) is 0 Å². The van der Waals surface area contributed by atoms with Crippen molar-refractivity contribution in [3.63, 3.8) is 0 Å². The maximum absolute atomic E-state index is 9.62. The Kier molecular flexibility index (Phi) is 3.72. The summed E-state index contributed by atoms with van der Waals surface area (Å²) in [4.78, 5) is 4.05. The third-order valence-electron chi connectivity index (χ3n) is 2.04. The lowest BCUT2D eigenvalue weighted by Crippen LogP contribution is -1.92. The molecule has 2 aromatic rings. The summed E-state index contributed by atoms with van der Waals surface area (Å²) in [6, 6.07) is 10.7. The molecule has 4 nitrogen and oxygen atoms in total. The van der Waals surface area contributed by atoms with Gasteiger partial charge in [0.2, 0.25) is 0 Å². The number of aromatic hydroxyl groups is 1. The Bertz CT molecular complexity index is 529. The van der Waals surface area contributed by atoms with E-state index in [9.17, 15) is 5.11 Å². The second-order valence-electron chi connectivity index (χ2n) is 3.29. The lowest BCUT2D eigenvalue weighted by Gasteiger charge is -2.00. The van der Waals surface area contributed by atoms with Crippen LogP contribution >= 0.6 is 15.9 Å². The van der Waals surface area contributed by atoms with Gasteiger partial charge in [0.05, 0.1) is 6.21 Å². The molecule has 0 amide bonds. The van der Waals surface area contributed by atoms with Crippen LogP contribution in [0.2, 0.25) is 0 Å². The first-order valence-corrected chi connectivity index (χ1v) is 5.73. The molecule has 0 aliphatic carbocycles. The second-order valence-corrected chi connectivity index (χ2v) is 4.20. The SMILES string of the molecule is Oc1cc(Br)ccc1/C=N/Nc1ccccn1. The number of hydrogen-bond acceptors (Lipinski definition) is 4. The fraction of sp³-hybridized carbons (Fsp3) is 0. The Morgan fingerprint density at radius 3 is 2.88 bits per heavy atom. The standard InChI is InChI=1S/C12H10BrN3O/c13-10-5-4-9(11(17)7-10)8-15-16-12-3-1-2-6-14-12/h1-8,17H,(H,14,16)/b15-8+.